The van der Waals surface area contributed by atoms with Crippen LogP contribution in [0.1, 0.15) is 22.1 Å². The fraction of sp³-hybridized carbons (Fsp3) is 0.300. The third kappa shape index (κ3) is 1.76. The normalized spacial score (nSPS) is 17.1. The van der Waals surface area contributed by atoms with Gasteiger partial charge in [0.25, 0.3) is 0 Å². The Kier molecular flexibility index (Phi) is 2.47. The van der Waals surface area contributed by atoms with E-state index >= 15 is 0 Å². The highest BCUT2D eigenvalue weighted by Gasteiger charge is 2.14. The molecular weight excluding hydrogens is 178 g/mol. The summed E-state index contributed by atoms with van der Waals surface area (Å²) in [6.45, 7) is 1.95. The Morgan fingerprint density at radius 2 is 1.79 bits per heavy atom. The van der Waals surface area contributed by atoms with Crippen molar-refractivity contribution in [2.24, 2.45) is 5.73 Å². The van der Waals surface area contributed by atoms with Gasteiger partial charge in [0.15, 0.2) is 0 Å². The molecule has 14 heavy (non-hydrogen) atoms. The molecule has 4 heteroatoms. The van der Waals surface area contributed by atoms with Crippen LogP contribution in [0.4, 0.5) is 0 Å². The van der Waals surface area contributed by atoms with Gasteiger partial charge in [-0.1, -0.05) is 12.1 Å². The van der Waals surface area contributed by atoms with E-state index in [2.05, 4.69) is 10.6 Å². The van der Waals surface area contributed by atoms with Crippen molar-refractivity contribution in [3.63, 3.8) is 0 Å². The van der Waals surface area contributed by atoms with Crippen molar-refractivity contribution >= 4 is 5.91 Å². The highest BCUT2D eigenvalue weighted by atomic mass is 16.1. The summed E-state index contributed by atoms with van der Waals surface area (Å²) < 4.78 is 0. The van der Waals surface area contributed by atoms with E-state index in [-0.39, 0.29) is 12.1 Å². The van der Waals surface area contributed by atoms with Gasteiger partial charge in [-0.2, -0.15) is 0 Å². The second-order valence-electron chi connectivity index (χ2n) is 3.33. The molecule has 1 amide bonds. The van der Waals surface area contributed by atoms with Crippen LogP contribution in [0, 0.1) is 0 Å². The van der Waals surface area contributed by atoms with E-state index in [1.165, 1.54) is 0 Å². The molecular formula is C10H13N3O. The maximum absolute atomic E-state index is 10.8. The molecule has 0 atom stereocenters. The Bertz CT molecular complexity index is 328. The van der Waals surface area contributed by atoms with Crippen molar-refractivity contribution in [2.75, 3.05) is 13.1 Å². The van der Waals surface area contributed by atoms with Crippen LogP contribution in [0.15, 0.2) is 24.3 Å². The molecule has 1 saturated heterocycles. The molecule has 1 aromatic rings. The van der Waals surface area contributed by atoms with Crippen LogP contribution in [0.2, 0.25) is 0 Å². The van der Waals surface area contributed by atoms with Crippen LogP contribution in [0.25, 0.3) is 0 Å². The van der Waals surface area contributed by atoms with E-state index < -0.39 is 0 Å². The topological polar surface area (TPSA) is 67.2 Å². The number of carbonyl (C=O) groups excluding carboxylic acids is 1. The van der Waals surface area contributed by atoms with E-state index in [1.54, 1.807) is 12.1 Å². The third-order valence-corrected chi connectivity index (χ3v) is 2.35. The molecule has 1 fully saturated rings. The molecule has 1 heterocycles. The molecule has 0 bridgehead atoms. The standard InChI is InChI=1S/C10H13N3O/c11-9(14)7-1-3-8(4-2-7)10-12-5-6-13-10/h1-4,10,12-13H,5-6H2,(H2,11,14). The minimum atomic E-state index is -0.385. The van der Waals surface area contributed by atoms with Crippen LogP contribution >= 0.6 is 0 Å². The van der Waals surface area contributed by atoms with Crippen molar-refractivity contribution in [3.05, 3.63) is 35.4 Å². The van der Waals surface area contributed by atoms with Crippen LogP contribution in [-0.4, -0.2) is 19.0 Å². The molecule has 4 N–H and O–H groups in total. The van der Waals surface area contributed by atoms with E-state index in [9.17, 15) is 4.79 Å². The van der Waals surface area contributed by atoms with Crippen LogP contribution in [-0.2, 0) is 0 Å². The first-order valence-electron chi connectivity index (χ1n) is 4.64. The summed E-state index contributed by atoms with van der Waals surface area (Å²) in [6, 6.07) is 7.32. The average Bonchev–Trinajstić information content (AvgIpc) is 2.71. The predicted octanol–water partition coefficient (Wildman–Crippen LogP) is -0.0231. The Hall–Kier alpha value is -1.39. The van der Waals surface area contributed by atoms with Gasteiger partial charge in [-0.15, -0.1) is 0 Å². The summed E-state index contributed by atoms with van der Waals surface area (Å²) in [5.74, 6) is -0.385. The first-order chi connectivity index (χ1) is 6.77. The number of rotatable bonds is 2. The molecule has 0 unspecified atom stereocenters. The zero-order valence-corrected chi connectivity index (χ0v) is 7.79. The van der Waals surface area contributed by atoms with Crippen LogP contribution < -0.4 is 16.4 Å². The van der Waals surface area contributed by atoms with Gasteiger partial charge in [-0.05, 0) is 17.7 Å². The van der Waals surface area contributed by atoms with Gasteiger partial charge in [0, 0.05) is 18.7 Å². The van der Waals surface area contributed by atoms with E-state index in [4.69, 9.17) is 5.73 Å². The maximum Gasteiger partial charge on any atom is 0.248 e. The quantitative estimate of drug-likeness (QED) is 0.615. The molecule has 0 radical (unpaired) electrons. The summed E-state index contributed by atoms with van der Waals surface area (Å²) in [5.41, 5.74) is 6.83. The lowest BCUT2D eigenvalue weighted by Crippen LogP contribution is -2.21. The average molecular weight is 191 g/mol. The van der Waals surface area contributed by atoms with Gasteiger partial charge >= 0.3 is 0 Å². The zero-order chi connectivity index (χ0) is 9.97. The first kappa shape index (κ1) is 9.18. The number of hydrogen-bond acceptors (Lipinski definition) is 3. The Balaban J connectivity index is 2.16. The van der Waals surface area contributed by atoms with Gasteiger partial charge in [0.05, 0.1) is 6.17 Å². The van der Waals surface area contributed by atoms with Gasteiger partial charge in [-0.25, -0.2) is 0 Å². The summed E-state index contributed by atoms with van der Waals surface area (Å²) in [6.07, 6.45) is 0.205. The minimum Gasteiger partial charge on any atom is -0.366 e. The molecule has 1 aliphatic rings. The highest BCUT2D eigenvalue weighted by Crippen LogP contribution is 2.13. The summed E-state index contributed by atoms with van der Waals surface area (Å²) in [7, 11) is 0. The molecule has 4 nitrogen and oxygen atoms in total. The fourth-order valence-electron chi connectivity index (χ4n) is 1.58. The molecule has 1 aromatic carbocycles. The number of hydrogen-bond donors (Lipinski definition) is 3. The van der Waals surface area contributed by atoms with Crippen molar-refractivity contribution in [2.45, 2.75) is 6.17 Å². The van der Waals surface area contributed by atoms with E-state index in [1.807, 2.05) is 12.1 Å². The summed E-state index contributed by atoms with van der Waals surface area (Å²) >= 11 is 0. The van der Waals surface area contributed by atoms with Crippen molar-refractivity contribution in [3.8, 4) is 0 Å². The van der Waals surface area contributed by atoms with Gasteiger partial charge in [0.1, 0.15) is 0 Å². The van der Waals surface area contributed by atoms with Crippen LogP contribution in [0.5, 0.6) is 0 Å². The number of nitrogens with one attached hydrogen (secondary N) is 2. The number of carbonyl (C=O) groups is 1. The number of nitrogens with two attached hydrogens (primary N) is 1. The van der Waals surface area contributed by atoms with Gasteiger partial charge < -0.3 is 5.73 Å². The predicted molar refractivity (Wildman–Crippen MR) is 53.7 cm³/mol. The molecule has 0 spiro atoms. The number of primary amides is 1. The summed E-state index contributed by atoms with van der Waals surface area (Å²) in [4.78, 5) is 10.8. The first-order valence-corrected chi connectivity index (χ1v) is 4.64. The fourth-order valence-corrected chi connectivity index (χ4v) is 1.58. The molecule has 1 aliphatic heterocycles. The van der Waals surface area contributed by atoms with Crippen molar-refractivity contribution in [1.29, 1.82) is 0 Å². The van der Waals surface area contributed by atoms with Gasteiger partial charge in [-0.3, -0.25) is 15.4 Å². The monoisotopic (exact) mass is 191 g/mol. The summed E-state index contributed by atoms with van der Waals surface area (Å²) in [5, 5.41) is 6.59. The second kappa shape index (κ2) is 3.77. The smallest absolute Gasteiger partial charge is 0.248 e. The lowest BCUT2D eigenvalue weighted by molar-refractivity contribution is 0.100. The Morgan fingerprint density at radius 3 is 2.29 bits per heavy atom. The van der Waals surface area contributed by atoms with Crippen molar-refractivity contribution in [1.82, 2.24) is 10.6 Å². The number of amides is 1. The number of benzene rings is 1. The lowest BCUT2D eigenvalue weighted by atomic mass is 10.1. The largest absolute Gasteiger partial charge is 0.366 e. The van der Waals surface area contributed by atoms with Crippen molar-refractivity contribution < 1.29 is 4.79 Å². The van der Waals surface area contributed by atoms with Crippen LogP contribution in [0.3, 0.4) is 0 Å². The molecule has 0 saturated carbocycles. The second-order valence-corrected chi connectivity index (χ2v) is 3.33. The molecule has 0 aliphatic carbocycles. The lowest BCUT2D eigenvalue weighted by Gasteiger charge is -2.10. The Labute approximate surface area is 82.5 Å². The highest BCUT2D eigenvalue weighted by molar-refractivity contribution is 5.92. The molecule has 2 rings (SSSR count). The minimum absolute atomic E-state index is 0.205. The zero-order valence-electron chi connectivity index (χ0n) is 7.79. The SMILES string of the molecule is NC(=O)c1ccc(C2NCCN2)cc1. The van der Waals surface area contributed by atoms with Gasteiger partial charge in [0.2, 0.25) is 5.91 Å². The van der Waals surface area contributed by atoms with E-state index in [0.29, 0.717) is 5.56 Å². The van der Waals surface area contributed by atoms with E-state index in [0.717, 1.165) is 18.7 Å². The molecule has 74 valence electrons. The Morgan fingerprint density at radius 1 is 1.21 bits per heavy atom. The maximum atomic E-state index is 10.8. The molecule has 0 aromatic heterocycles. The third-order valence-electron chi connectivity index (χ3n) is 2.35.